The van der Waals surface area contributed by atoms with Crippen molar-refractivity contribution < 1.29 is 9.59 Å². The first-order chi connectivity index (χ1) is 12.6. The highest BCUT2D eigenvalue weighted by Crippen LogP contribution is 2.18. The number of carbonyl (C=O) groups excluding carboxylic acids is 2. The fourth-order valence-electron chi connectivity index (χ4n) is 2.43. The van der Waals surface area contributed by atoms with Gasteiger partial charge >= 0.3 is 0 Å². The van der Waals surface area contributed by atoms with Gasteiger partial charge in [-0.15, -0.1) is 0 Å². The average Bonchev–Trinajstić information content (AvgIpc) is 2.67. The summed E-state index contributed by atoms with van der Waals surface area (Å²) in [5, 5.41) is 8.03. The van der Waals surface area contributed by atoms with Crippen LogP contribution in [0.5, 0.6) is 0 Å². The molecule has 2 amide bonds. The number of hydrazone groups is 1. The lowest BCUT2D eigenvalue weighted by molar-refractivity contribution is -0.120. The standard InChI is InChI=1S/C19H16N4O3/c24-17(23-22-11-14-7-4-10-20-18(14)25)12-21-19(26)16-9-3-6-13-5-1-2-8-15(13)16/h1-11H,12H2,(H,20,25)(H,21,26)(H,23,24). The number of nitrogens with zero attached hydrogens (tertiary/aromatic N) is 1. The molecular weight excluding hydrogens is 332 g/mol. The molecular formula is C19H16N4O3. The Bertz CT molecular complexity index is 1030. The molecule has 0 bridgehead atoms. The number of pyridine rings is 1. The number of aromatic amines is 1. The molecule has 0 aliphatic carbocycles. The first-order valence-electron chi connectivity index (χ1n) is 7.91. The van der Waals surface area contributed by atoms with E-state index in [1.165, 1.54) is 12.4 Å². The summed E-state index contributed by atoms with van der Waals surface area (Å²) in [4.78, 5) is 38.1. The number of rotatable bonds is 5. The predicted octanol–water partition coefficient (Wildman–Crippen LogP) is 1.41. The van der Waals surface area contributed by atoms with Crippen LogP contribution >= 0.6 is 0 Å². The second-order valence-electron chi connectivity index (χ2n) is 5.46. The summed E-state index contributed by atoms with van der Waals surface area (Å²) in [6.07, 6.45) is 2.74. The number of carbonyl (C=O) groups is 2. The van der Waals surface area contributed by atoms with Crippen LogP contribution in [-0.2, 0) is 4.79 Å². The van der Waals surface area contributed by atoms with Crippen LogP contribution < -0.4 is 16.3 Å². The summed E-state index contributed by atoms with van der Waals surface area (Å²) in [7, 11) is 0. The monoisotopic (exact) mass is 348 g/mol. The van der Waals surface area contributed by atoms with Gasteiger partial charge in [-0.1, -0.05) is 36.4 Å². The van der Waals surface area contributed by atoms with Crippen molar-refractivity contribution in [3.05, 3.63) is 82.3 Å². The molecule has 0 atom stereocenters. The molecule has 0 aliphatic heterocycles. The molecule has 0 saturated carbocycles. The molecule has 0 fully saturated rings. The molecule has 1 aromatic heterocycles. The quantitative estimate of drug-likeness (QED) is 0.480. The van der Waals surface area contributed by atoms with Crippen LogP contribution in [0, 0.1) is 0 Å². The lowest BCUT2D eigenvalue weighted by atomic mass is 10.0. The van der Waals surface area contributed by atoms with Gasteiger partial charge in [0.15, 0.2) is 0 Å². The van der Waals surface area contributed by atoms with Crippen LogP contribution in [0.3, 0.4) is 0 Å². The molecule has 1 heterocycles. The predicted molar refractivity (Wildman–Crippen MR) is 99.1 cm³/mol. The van der Waals surface area contributed by atoms with E-state index < -0.39 is 5.91 Å². The van der Waals surface area contributed by atoms with E-state index in [0.717, 1.165) is 10.8 Å². The number of hydrogen-bond donors (Lipinski definition) is 3. The van der Waals surface area contributed by atoms with E-state index in [2.05, 4.69) is 20.8 Å². The maximum absolute atomic E-state index is 12.3. The van der Waals surface area contributed by atoms with Gasteiger partial charge < -0.3 is 10.3 Å². The molecule has 0 spiro atoms. The summed E-state index contributed by atoms with van der Waals surface area (Å²) in [6, 6.07) is 16.1. The number of aromatic nitrogens is 1. The van der Waals surface area contributed by atoms with Crippen LogP contribution in [0.2, 0.25) is 0 Å². The summed E-state index contributed by atoms with van der Waals surface area (Å²) >= 11 is 0. The summed E-state index contributed by atoms with van der Waals surface area (Å²) in [6.45, 7) is -0.232. The average molecular weight is 348 g/mol. The van der Waals surface area contributed by atoms with E-state index in [-0.39, 0.29) is 18.0 Å². The molecule has 3 N–H and O–H groups in total. The maximum Gasteiger partial charge on any atom is 0.259 e. The minimum Gasteiger partial charge on any atom is -0.343 e. The van der Waals surface area contributed by atoms with Crippen molar-refractivity contribution in [2.45, 2.75) is 0 Å². The Morgan fingerprint density at radius 1 is 1.04 bits per heavy atom. The van der Waals surface area contributed by atoms with Crippen molar-refractivity contribution in [3.8, 4) is 0 Å². The van der Waals surface area contributed by atoms with Crippen LogP contribution in [0.15, 0.2) is 70.7 Å². The van der Waals surface area contributed by atoms with Crippen LogP contribution in [0.25, 0.3) is 10.8 Å². The Kier molecular flexibility index (Phi) is 5.19. The van der Waals surface area contributed by atoms with Crippen molar-refractivity contribution in [2.75, 3.05) is 6.54 Å². The van der Waals surface area contributed by atoms with Gasteiger partial charge in [-0.05, 0) is 29.0 Å². The van der Waals surface area contributed by atoms with Crippen molar-refractivity contribution in [3.63, 3.8) is 0 Å². The van der Waals surface area contributed by atoms with Crippen LogP contribution in [0.4, 0.5) is 0 Å². The maximum atomic E-state index is 12.3. The summed E-state index contributed by atoms with van der Waals surface area (Å²) in [5.74, 6) is -0.845. The van der Waals surface area contributed by atoms with Gasteiger partial charge in [-0.3, -0.25) is 14.4 Å². The number of fused-ring (bicyclic) bond motifs is 1. The first kappa shape index (κ1) is 17.1. The summed E-state index contributed by atoms with van der Waals surface area (Å²) < 4.78 is 0. The number of amides is 2. The van der Waals surface area contributed by atoms with Crippen molar-refractivity contribution in [1.29, 1.82) is 0 Å². The zero-order chi connectivity index (χ0) is 18.4. The highest BCUT2D eigenvalue weighted by Gasteiger charge is 2.10. The van der Waals surface area contributed by atoms with E-state index in [1.54, 1.807) is 24.3 Å². The van der Waals surface area contributed by atoms with E-state index in [4.69, 9.17) is 0 Å². The van der Waals surface area contributed by atoms with Crippen molar-refractivity contribution >= 4 is 28.8 Å². The third-order valence-corrected chi connectivity index (χ3v) is 3.69. The molecule has 2 aromatic carbocycles. The smallest absolute Gasteiger partial charge is 0.259 e. The van der Waals surface area contributed by atoms with Crippen molar-refractivity contribution in [2.24, 2.45) is 5.10 Å². The molecule has 0 radical (unpaired) electrons. The van der Waals surface area contributed by atoms with E-state index in [0.29, 0.717) is 11.1 Å². The molecule has 26 heavy (non-hydrogen) atoms. The normalized spacial score (nSPS) is 10.8. The highest BCUT2D eigenvalue weighted by atomic mass is 16.2. The minimum absolute atomic E-state index is 0.232. The van der Waals surface area contributed by atoms with Gasteiger partial charge in [0.2, 0.25) is 0 Å². The molecule has 0 unspecified atom stereocenters. The topological polar surface area (TPSA) is 103 Å². The third-order valence-electron chi connectivity index (χ3n) is 3.69. The second kappa shape index (κ2) is 7.89. The van der Waals surface area contributed by atoms with Gasteiger partial charge in [0.25, 0.3) is 17.4 Å². The van der Waals surface area contributed by atoms with Crippen molar-refractivity contribution in [1.82, 2.24) is 15.7 Å². The minimum atomic E-state index is -0.498. The van der Waals surface area contributed by atoms with E-state index in [1.807, 2.05) is 30.3 Å². The molecule has 130 valence electrons. The Balaban J connectivity index is 1.58. The van der Waals surface area contributed by atoms with Crippen LogP contribution in [0.1, 0.15) is 15.9 Å². The third kappa shape index (κ3) is 4.02. The SMILES string of the molecule is O=C(CNC(=O)c1cccc2ccccc12)NN=Cc1ccc[nH]c1=O. The Labute approximate surface area is 148 Å². The lowest BCUT2D eigenvalue weighted by Crippen LogP contribution is -2.35. The Morgan fingerprint density at radius 2 is 1.85 bits per heavy atom. The van der Waals surface area contributed by atoms with Gasteiger partial charge in [-0.25, -0.2) is 5.43 Å². The molecule has 3 rings (SSSR count). The fraction of sp³-hybridized carbons (Fsp3) is 0.0526. The summed E-state index contributed by atoms with van der Waals surface area (Å²) in [5.41, 5.74) is 2.76. The van der Waals surface area contributed by atoms with Gasteiger partial charge in [0.05, 0.1) is 18.3 Å². The molecule has 0 aliphatic rings. The van der Waals surface area contributed by atoms with Gasteiger partial charge in [-0.2, -0.15) is 5.10 Å². The number of nitrogens with one attached hydrogen (secondary N) is 3. The lowest BCUT2D eigenvalue weighted by Gasteiger charge is -2.07. The molecule has 3 aromatic rings. The number of H-pyrrole nitrogens is 1. The van der Waals surface area contributed by atoms with E-state index >= 15 is 0 Å². The zero-order valence-corrected chi connectivity index (χ0v) is 13.7. The van der Waals surface area contributed by atoms with E-state index in [9.17, 15) is 14.4 Å². The number of benzene rings is 2. The molecule has 7 nitrogen and oxygen atoms in total. The van der Waals surface area contributed by atoms with Gasteiger partial charge in [0, 0.05) is 11.8 Å². The largest absolute Gasteiger partial charge is 0.343 e. The Morgan fingerprint density at radius 3 is 2.69 bits per heavy atom. The molecule has 0 saturated heterocycles. The Hall–Kier alpha value is -3.74. The van der Waals surface area contributed by atoms with Gasteiger partial charge in [0.1, 0.15) is 0 Å². The zero-order valence-electron chi connectivity index (χ0n) is 13.7. The fourth-order valence-corrected chi connectivity index (χ4v) is 2.43. The highest BCUT2D eigenvalue weighted by molar-refractivity contribution is 6.07. The first-order valence-corrected chi connectivity index (χ1v) is 7.91. The second-order valence-corrected chi connectivity index (χ2v) is 5.46. The van der Waals surface area contributed by atoms with Crippen LogP contribution in [-0.4, -0.2) is 29.6 Å². The number of hydrogen-bond acceptors (Lipinski definition) is 4. The molecule has 7 heteroatoms.